The van der Waals surface area contributed by atoms with E-state index < -0.39 is 14.6 Å². The molecule has 8 nitrogen and oxygen atoms in total. The zero-order valence-electron chi connectivity index (χ0n) is 18.9. The van der Waals surface area contributed by atoms with Crippen LogP contribution >= 0.6 is 0 Å². The smallest absolute Gasteiger partial charge is 0.187 e. The highest BCUT2D eigenvalue weighted by atomic mass is 32.2. The maximum absolute atomic E-state index is 12.2. The minimum atomic E-state index is -3.36. The van der Waals surface area contributed by atoms with E-state index in [1.165, 1.54) is 11.8 Å². The van der Waals surface area contributed by atoms with Gasteiger partial charge < -0.3 is 9.84 Å². The lowest BCUT2D eigenvalue weighted by molar-refractivity contribution is 0.433. The molecule has 33 heavy (non-hydrogen) atoms. The third-order valence-corrected chi connectivity index (χ3v) is 7.69. The number of nitrogens with zero attached hydrogens (tertiary/aromatic N) is 4. The molecule has 0 spiro atoms. The van der Waals surface area contributed by atoms with Gasteiger partial charge in [0.2, 0.25) is 0 Å². The van der Waals surface area contributed by atoms with E-state index in [1.54, 1.807) is 44.6 Å². The maximum Gasteiger partial charge on any atom is 0.187 e. The van der Waals surface area contributed by atoms with Crippen molar-refractivity contribution in [1.82, 2.24) is 25.4 Å². The molecule has 1 aromatic carbocycles. The van der Waals surface area contributed by atoms with Crippen molar-refractivity contribution in [2.75, 3.05) is 13.3 Å². The van der Waals surface area contributed by atoms with Crippen molar-refractivity contribution in [3.8, 4) is 34.0 Å². The number of rotatable bonds is 7. The molecule has 3 aromatic heterocycles. The molecule has 0 atom stereocenters. The molecule has 0 amide bonds. The van der Waals surface area contributed by atoms with Crippen molar-refractivity contribution in [2.45, 2.75) is 25.1 Å². The largest absolute Gasteiger partial charge is 0.354 e. The van der Waals surface area contributed by atoms with Crippen molar-refractivity contribution in [2.24, 2.45) is 0 Å². The summed E-state index contributed by atoms with van der Waals surface area (Å²) in [4.78, 5) is 13.2. The lowest BCUT2D eigenvalue weighted by Gasteiger charge is -2.22. The van der Waals surface area contributed by atoms with Gasteiger partial charge in [-0.3, -0.25) is 9.97 Å². The highest BCUT2D eigenvalue weighted by Crippen LogP contribution is 2.31. The first-order valence-corrected chi connectivity index (χ1v) is 12.3. The number of benzene rings is 1. The van der Waals surface area contributed by atoms with Crippen molar-refractivity contribution < 1.29 is 12.9 Å². The zero-order valence-corrected chi connectivity index (χ0v) is 19.7. The Morgan fingerprint density at radius 2 is 1.70 bits per heavy atom. The summed E-state index contributed by atoms with van der Waals surface area (Å²) in [6.45, 7) is 4.07. The van der Waals surface area contributed by atoms with Gasteiger partial charge in [-0.15, -0.1) is 0 Å². The average molecular weight is 464 g/mol. The topological polar surface area (TPSA) is 111 Å². The molecule has 3 heterocycles. The summed E-state index contributed by atoms with van der Waals surface area (Å²) in [5.74, 6) is 0.490. The molecule has 0 aliphatic heterocycles. The van der Waals surface area contributed by atoms with Crippen molar-refractivity contribution >= 4 is 9.84 Å². The van der Waals surface area contributed by atoms with E-state index in [0.29, 0.717) is 34.1 Å². The van der Waals surface area contributed by atoms with E-state index in [1.807, 2.05) is 37.4 Å². The molecule has 0 fully saturated rings. The third-order valence-electron chi connectivity index (χ3n) is 5.63. The van der Waals surface area contributed by atoms with Crippen LogP contribution < -0.4 is 5.32 Å². The summed E-state index contributed by atoms with van der Waals surface area (Å²) < 4.78 is 28.9. The van der Waals surface area contributed by atoms with Crippen LogP contribution in [0.2, 0.25) is 0 Å². The molecule has 9 heteroatoms. The first-order chi connectivity index (χ1) is 15.7. The lowest BCUT2D eigenvalue weighted by atomic mass is 10.1. The van der Waals surface area contributed by atoms with Crippen LogP contribution in [0, 0.1) is 0 Å². The third kappa shape index (κ3) is 4.69. The number of nitrogens with one attached hydrogen (secondary N) is 1. The van der Waals surface area contributed by atoms with Gasteiger partial charge in [-0.25, -0.2) is 13.4 Å². The number of hydrogen-bond acceptors (Lipinski definition) is 8. The lowest BCUT2D eigenvalue weighted by Crippen LogP contribution is -2.29. The second-order valence-corrected chi connectivity index (χ2v) is 10.9. The minimum Gasteiger partial charge on any atom is -0.354 e. The summed E-state index contributed by atoms with van der Waals surface area (Å²) >= 11 is 0. The van der Waals surface area contributed by atoms with E-state index in [2.05, 4.69) is 25.4 Å². The van der Waals surface area contributed by atoms with Crippen LogP contribution in [0.3, 0.4) is 0 Å². The molecule has 0 bridgehead atoms. The maximum atomic E-state index is 12.2. The minimum absolute atomic E-state index is 0.443. The summed E-state index contributed by atoms with van der Waals surface area (Å²) in [6.07, 6.45) is 6.01. The number of aromatic nitrogens is 4. The van der Waals surface area contributed by atoms with Crippen LogP contribution in [0.15, 0.2) is 65.6 Å². The van der Waals surface area contributed by atoms with Gasteiger partial charge in [-0.05, 0) is 38.6 Å². The second kappa shape index (κ2) is 8.84. The van der Waals surface area contributed by atoms with Crippen molar-refractivity contribution in [3.05, 3.63) is 72.3 Å². The Hall–Kier alpha value is -3.43. The van der Waals surface area contributed by atoms with Gasteiger partial charge in [-0.2, -0.15) is 0 Å². The summed E-state index contributed by atoms with van der Waals surface area (Å²) in [6, 6.07) is 13.4. The van der Waals surface area contributed by atoms with E-state index in [4.69, 9.17) is 4.52 Å². The van der Waals surface area contributed by atoms with Gasteiger partial charge in [0.1, 0.15) is 16.1 Å². The highest BCUT2D eigenvalue weighted by Gasteiger charge is 2.34. The van der Waals surface area contributed by atoms with Crippen LogP contribution in [0.1, 0.15) is 25.1 Å². The fourth-order valence-electron chi connectivity index (χ4n) is 3.26. The molecule has 0 aliphatic rings. The molecule has 1 N–H and O–H groups in total. The Bertz CT molecular complexity index is 1380. The number of sulfone groups is 1. The van der Waals surface area contributed by atoms with Crippen LogP contribution in [0.5, 0.6) is 0 Å². The monoisotopic (exact) mass is 463 g/mol. The van der Waals surface area contributed by atoms with Gasteiger partial charge >= 0.3 is 0 Å². The number of hydrogen-bond donors (Lipinski definition) is 1. The standard InChI is InChI=1S/C24H25N5O3S/c1-24(2,33(4,30)31)23-11-18(9-10-27-23)20-14-26-15-21(28-20)22-12-19(29-32-22)17-7-5-16(6-8-17)13-25-3/h5-12,14-15,25H,13H2,1-4H3. The highest BCUT2D eigenvalue weighted by molar-refractivity contribution is 7.91. The van der Waals surface area contributed by atoms with E-state index in [-0.39, 0.29) is 0 Å². The Balaban J connectivity index is 1.64. The van der Waals surface area contributed by atoms with Crippen molar-refractivity contribution in [3.63, 3.8) is 0 Å². The first-order valence-electron chi connectivity index (χ1n) is 10.4. The summed E-state index contributed by atoms with van der Waals surface area (Å²) in [5.41, 5.74) is 5.09. The normalized spacial score (nSPS) is 12.1. The van der Waals surface area contributed by atoms with Gasteiger partial charge in [0, 0.05) is 36.2 Å². The van der Waals surface area contributed by atoms with Gasteiger partial charge in [-0.1, -0.05) is 29.4 Å². The quantitative estimate of drug-likeness (QED) is 0.440. The Morgan fingerprint density at radius 1 is 0.970 bits per heavy atom. The first kappa shape index (κ1) is 22.8. The second-order valence-electron chi connectivity index (χ2n) is 8.31. The molecule has 0 unspecified atom stereocenters. The molecule has 0 radical (unpaired) electrons. The predicted octanol–water partition coefficient (Wildman–Crippen LogP) is 3.86. The molecule has 0 aliphatic carbocycles. The van der Waals surface area contributed by atoms with Gasteiger partial charge in [0.25, 0.3) is 0 Å². The predicted molar refractivity (Wildman–Crippen MR) is 127 cm³/mol. The molecule has 170 valence electrons. The van der Waals surface area contributed by atoms with E-state index in [0.717, 1.165) is 12.1 Å². The Morgan fingerprint density at radius 3 is 2.39 bits per heavy atom. The molecular formula is C24H25N5O3S. The van der Waals surface area contributed by atoms with Gasteiger partial charge in [0.15, 0.2) is 15.6 Å². The van der Waals surface area contributed by atoms with Crippen LogP contribution in [0.4, 0.5) is 0 Å². The fraction of sp³-hybridized carbons (Fsp3) is 0.250. The molecule has 4 rings (SSSR count). The molecule has 0 saturated carbocycles. The molecule has 4 aromatic rings. The van der Waals surface area contributed by atoms with Crippen LogP contribution in [0.25, 0.3) is 34.0 Å². The SMILES string of the molecule is CNCc1ccc(-c2cc(-c3cncc(-c4ccnc(C(C)(C)S(C)(=O)=O)c4)n3)on2)cc1. The Labute approximate surface area is 193 Å². The average Bonchev–Trinajstić information content (AvgIpc) is 3.30. The molecular weight excluding hydrogens is 438 g/mol. The van der Waals surface area contributed by atoms with E-state index in [9.17, 15) is 8.42 Å². The Kier molecular flexibility index (Phi) is 6.09. The zero-order chi connectivity index (χ0) is 23.6. The molecule has 0 saturated heterocycles. The number of pyridine rings is 1. The van der Waals surface area contributed by atoms with Crippen LogP contribution in [-0.2, 0) is 21.1 Å². The van der Waals surface area contributed by atoms with Crippen molar-refractivity contribution in [1.29, 1.82) is 0 Å². The summed E-state index contributed by atoms with van der Waals surface area (Å²) in [5, 5.41) is 7.30. The van der Waals surface area contributed by atoms with Gasteiger partial charge in [0.05, 0.1) is 23.8 Å². The fourth-order valence-corrected chi connectivity index (χ4v) is 3.75. The van der Waals surface area contributed by atoms with Crippen LogP contribution in [-0.4, -0.2) is 41.8 Å². The summed E-state index contributed by atoms with van der Waals surface area (Å²) in [7, 11) is -1.45. The van der Waals surface area contributed by atoms with E-state index >= 15 is 0 Å².